The molecule has 2 rings (SSSR count). The fourth-order valence-electron chi connectivity index (χ4n) is 1.81. The smallest absolute Gasteiger partial charge is 0.186 e. The van der Waals surface area contributed by atoms with E-state index in [1.807, 2.05) is 0 Å². The fourth-order valence-corrected chi connectivity index (χ4v) is 2.47. The maximum atomic E-state index is 5.84. The van der Waals surface area contributed by atoms with E-state index in [1.165, 1.54) is 6.42 Å². The third-order valence-corrected chi connectivity index (χ3v) is 3.42. The highest BCUT2D eigenvalue weighted by molar-refractivity contribution is 6.99. The zero-order chi connectivity index (χ0) is 9.97. The fraction of sp³-hybridized carbons (Fsp3) is 0.750. The topological polar surface area (TPSA) is 47.0 Å². The van der Waals surface area contributed by atoms with E-state index >= 15 is 0 Å². The van der Waals surface area contributed by atoms with Crippen molar-refractivity contribution in [2.24, 2.45) is 0 Å². The predicted molar refractivity (Wildman–Crippen MR) is 57.0 cm³/mol. The van der Waals surface area contributed by atoms with Crippen LogP contribution in [0.5, 0.6) is 0 Å². The molecule has 1 heterocycles. The number of anilines is 1. The zero-order valence-electron chi connectivity index (χ0n) is 7.86. The first-order valence-corrected chi connectivity index (χ1v) is 5.69. The SMILES string of the molecule is COC1CCCC1Nc1nsnc1Cl. The van der Waals surface area contributed by atoms with Crippen molar-refractivity contribution in [3.63, 3.8) is 0 Å². The Morgan fingerprint density at radius 1 is 1.50 bits per heavy atom. The van der Waals surface area contributed by atoms with Gasteiger partial charge in [-0.3, -0.25) is 0 Å². The van der Waals surface area contributed by atoms with Crippen molar-refractivity contribution in [1.29, 1.82) is 0 Å². The van der Waals surface area contributed by atoms with Gasteiger partial charge in [-0.1, -0.05) is 11.6 Å². The molecular formula is C8H12ClN3OS. The summed E-state index contributed by atoms with van der Waals surface area (Å²) in [6.45, 7) is 0. The van der Waals surface area contributed by atoms with Gasteiger partial charge in [0, 0.05) is 7.11 Å². The summed E-state index contributed by atoms with van der Waals surface area (Å²) < 4.78 is 13.3. The molecule has 1 saturated carbocycles. The Hall–Kier alpha value is -0.390. The van der Waals surface area contributed by atoms with Crippen LogP contribution in [0.25, 0.3) is 0 Å². The maximum absolute atomic E-state index is 5.84. The molecule has 1 aromatic rings. The molecule has 0 saturated heterocycles. The number of hydrogen-bond donors (Lipinski definition) is 1. The lowest BCUT2D eigenvalue weighted by molar-refractivity contribution is 0.101. The molecule has 0 amide bonds. The van der Waals surface area contributed by atoms with Crippen LogP contribution < -0.4 is 5.32 Å². The molecule has 0 spiro atoms. The van der Waals surface area contributed by atoms with E-state index < -0.39 is 0 Å². The molecule has 78 valence electrons. The highest BCUT2D eigenvalue weighted by atomic mass is 35.5. The minimum atomic E-state index is 0.271. The van der Waals surface area contributed by atoms with Gasteiger partial charge < -0.3 is 10.1 Å². The van der Waals surface area contributed by atoms with Gasteiger partial charge in [0.15, 0.2) is 11.0 Å². The average molecular weight is 234 g/mol. The molecule has 6 heteroatoms. The standard InChI is InChI=1S/C8H12ClN3OS/c1-13-6-4-2-3-5(6)10-8-7(9)11-14-12-8/h5-6H,2-4H2,1H3,(H,10,12). The molecule has 2 atom stereocenters. The molecule has 4 nitrogen and oxygen atoms in total. The summed E-state index contributed by atoms with van der Waals surface area (Å²) in [5, 5.41) is 3.73. The molecule has 14 heavy (non-hydrogen) atoms. The molecule has 0 aromatic carbocycles. The number of nitrogens with zero attached hydrogens (tertiary/aromatic N) is 2. The van der Waals surface area contributed by atoms with Gasteiger partial charge >= 0.3 is 0 Å². The number of rotatable bonds is 3. The average Bonchev–Trinajstić information content (AvgIpc) is 2.77. The van der Waals surface area contributed by atoms with Crippen LogP contribution in [0.1, 0.15) is 19.3 Å². The summed E-state index contributed by atoms with van der Waals surface area (Å²) >= 11 is 6.97. The van der Waals surface area contributed by atoms with Gasteiger partial charge in [0.05, 0.1) is 23.9 Å². The van der Waals surface area contributed by atoms with Crippen LogP contribution in [0.15, 0.2) is 0 Å². The van der Waals surface area contributed by atoms with Crippen molar-refractivity contribution in [3.8, 4) is 0 Å². The second-order valence-corrected chi connectivity index (χ2v) is 4.25. The molecule has 1 N–H and O–H groups in total. The van der Waals surface area contributed by atoms with Gasteiger partial charge in [-0.05, 0) is 19.3 Å². The lowest BCUT2D eigenvalue weighted by Gasteiger charge is -2.18. The van der Waals surface area contributed by atoms with Crippen LogP contribution in [0.3, 0.4) is 0 Å². The number of aromatic nitrogens is 2. The third-order valence-electron chi connectivity index (χ3n) is 2.53. The lowest BCUT2D eigenvalue weighted by atomic mass is 10.2. The van der Waals surface area contributed by atoms with Crippen LogP contribution in [-0.2, 0) is 4.74 Å². The Morgan fingerprint density at radius 2 is 2.36 bits per heavy atom. The van der Waals surface area contributed by atoms with E-state index in [0.29, 0.717) is 17.0 Å². The second-order valence-electron chi connectivity index (χ2n) is 3.36. The van der Waals surface area contributed by atoms with Crippen LogP contribution in [0, 0.1) is 0 Å². The predicted octanol–water partition coefficient (Wildman–Crippen LogP) is 2.17. The van der Waals surface area contributed by atoms with Crippen LogP contribution >= 0.6 is 23.3 Å². The largest absolute Gasteiger partial charge is 0.379 e. The highest BCUT2D eigenvalue weighted by Crippen LogP contribution is 2.27. The van der Waals surface area contributed by atoms with E-state index in [0.717, 1.165) is 24.6 Å². The first-order chi connectivity index (χ1) is 6.81. The molecule has 0 bridgehead atoms. The Bertz CT molecular complexity index is 307. The molecule has 1 aliphatic rings. The summed E-state index contributed by atoms with van der Waals surface area (Å²) in [5.41, 5.74) is 0. The Labute approximate surface area is 91.9 Å². The van der Waals surface area contributed by atoms with Gasteiger partial charge in [-0.15, -0.1) is 0 Å². The van der Waals surface area contributed by atoms with E-state index in [9.17, 15) is 0 Å². The van der Waals surface area contributed by atoms with E-state index in [1.54, 1.807) is 7.11 Å². The van der Waals surface area contributed by atoms with Crippen molar-refractivity contribution in [1.82, 2.24) is 8.75 Å². The second kappa shape index (κ2) is 4.42. The zero-order valence-corrected chi connectivity index (χ0v) is 9.44. The highest BCUT2D eigenvalue weighted by Gasteiger charge is 2.28. The minimum Gasteiger partial charge on any atom is -0.379 e. The lowest BCUT2D eigenvalue weighted by Crippen LogP contribution is -2.29. The van der Waals surface area contributed by atoms with E-state index in [-0.39, 0.29) is 6.10 Å². The minimum absolute atomic E-state index is 0.271. The van der Waals surface area contributed by atoms with Crippen LogP contribution in [0.4, 0.5) is 5.82 Å². The number of ether oxygens (including phenoxy) is 1. The monoisotopic (exact) mass is 233 g/mol. The van der Waals surface area contributed by atoms with E-state index in [2.05, 4.69) is 14.1 Å². The summed E-state index contributed by atoms with van der Waals surface area (Å²) in [4.78, 5) is 0. The van der Waals surface area contributed by atoms with Crippen molar-refractivity contribution in [3.05, 3.63) is 5.15 Å². The molecule has 1 aromatic heterocycles. The van der Waals surface area contributed by atoms with Crippen molar-refractivity contribution in [2.75, 3.05) is 12.4 Å². The van der Waals surface area contributed by atoms with Crippen molar-refractivity contribution < 1.29 is 4.74 Å². The van der Waals surface area contributed by atoms with Gasteiger partial charge in [-0.2, -0.15) is 8.75 Å². The maximum Gasteiger partial charge on any atom is 0.186 e. The summed E-state index contributed by atoms with van der Waals surface area (Å²) in [6, 6.07) is 0.321. The first-order valence-electron chi connectivity index (χ1n) is 4.58. The Kier molecular flexibility index (Phi) is 3.20. The van der Waals surface area contributed by atoms with Crippen molar-refractivity contribution in [2.45, 2.75) is 31.4 Å². The quantitative estimate of drug-likeness (QED) is 0.869. The molecule has 0 aliphatic heterocycles. The molecule has 2 unspecified atom stereocenters. The van der Waals surface area contributed by atoms with Gasteiger partial charge in [0.25, 0.3) is 0 Å². The van der Waals surface area contributed by atoms with Crippen LogP contribution in [0.2, 0.25) is 5.15 Å². The summed E-state index contributed by atoms with van der Waals surface area (Å²) in [6.07, 6.45) is 3.66. The Morgan fingerprint density at radius 3 is 3.00 bits per heavy atom. The summed E-state index contributed by atoms with van der Waals surface area (Å²) in [7, 11) is 1.74. The third kappa shape index (κ3) is 1.99. The van der Waals surface area contributed by atoms with E-state index in [4.69, 9.17) is 16.3 Å². The molecule has 1 fully saturated rings. The summed E-state index contributed by atoms with van der Waals surface area (Å²) in [5.74, 6) is 0.686. The molecule has 0 radical (unpaired) electrons. The number of hydrogen-bond acceptors (Lipinski definition) is 5. The number of methoxy groups -OCH3 is 1. The van der Waals surface area contributed by atoms with Gasteiger partial charge in [0.1, 0.15) is 0 Å². The first kappa shape index (κ1) is 10.1. The number of halogens is 1. The van der Waals surface area contributed by atoms with Gasteiger partial charge in [-0.25, -0.2) is 0 Å². The van der Waals surface area contributed by atoms with Gasteiger partial charge in [0.2, 0.25) is 0 Å². The normalized spacial score (nSPS) is 26.7. The van der Waals surface area contributed by atoms with Crippen molar-refractivity contribution >= 4 is 29.1 Å². The Balaban J connectivity index is 2.00. The van der Waals surface area contributed by atoms with Crippen LogP contribution in [-0.4, -0.2) is 28.0 Å². The molecule has 1 aliphatic carbocycles. The number of nitrogens with one attached hydrogen (secondary N) is 1. The molecular weight excluding hydrogens is 222 g/mol.